The molecule has 16 nitrogen and oxygen atoms in total. The lowest BCUT2D eigenvalue weighted by atomic mass is 10.1. The summed E-state index contributed by atoms with van der Waals surface area (Å²) in [5.74, 6) is 1.85. The van der Waals surface area contributed by atoms with Crippen LogP contribution in [0.1, 0.15) is 27.0 Å². The molecule has 0 saturated carbocycles. The van der Waals surface area contributed by atoms with E-state index < -0.39 is 12.4 Å². The molecule has 16 heteroatoms. The first-order valence-electron chi connectivity index (χ1n) is 21.8. The molecule has 0 amide bonds. The summed E-state index contributed by atoms with van der Waals surface area (Å²) in [6, 6.07) is 28.4. The van der Waals surface area contributed by atoms with Gasteiger partial charge in [-0.15, -0.1) is 0 Å². The number of ether oxygens (including phenoxy) is 14. The number of Topliss-reactive ketones (excluding diaryl/α,β-unsaturated/α-hetero) is 1. The standard InChI is InChI=1S/C49H66O16/c1-52-44-12-8-41(9-13-44)38-61-26-23-54-16-19-57-28-31-63-47-34-43(46(51)36-50)35-48(49(47)65-33-30-59-21-18-56-22-25-60-37-40-6-4-3-5-7-40)64-32-29-58-20-17-55-24-27-62-39-42-10-14-45(53-2)15-11-42/h3-15,34-35,50H,16-33,36-39H2,1-2H3. The predicted molar refractivity (Wildman–Crippen MR) is 241 cm³/mol. The minimum Gasteiger partial charge on any atom is -0.497 e. The lowest BCUT2D eigenvalue weighted by Gasteiger charge is -2.19. The Labute approximate surface area is 382 Å². The molecule has 0 aliphatic rings. The minimum atomic E-state index is -0.695. The van der Waals surface area contributed by atoms with Gasteiger partial charge in [0.1, 0.15) is 37.9 Å². The molecular formula is C49H66O16. The summed E-state index contributed by atoms with van der Waals surface area (Å²) in [6.07, 6.45) is 0. The number of benzene rings is 4. The molecule has 4 aromatic rings. The van der Waals surface area contributed by atoms with Crippen molar-refractivity contribution in [3.05, 3.63) is 113 Å². The third kappa shape index (κ3) is 23.3. The SMILES string of the molecule is COc1ccc(COCCOCCOCCOc2cc(C(=O)CO)cc(OCCOCCOCCOCc3ccc(OC)cc3)c2OCCOCCOCCOCc2ccccc2)cc1. The first-order chi connectivity index (χ1) is 32.1. The van der Waals surface area contributed by atoms with E-state index in [1.807, 2.05) is 78.9 Å². The lowest BCUT2D eigenvalue weighted by Crippen LogP contribution is -2.16. The van der Waals surface area contributed by atoms with E-state index in [0.717, 1.165) is 28.2 Å². The number of hydrogen-bond acceptors (Lipinski definition) is 16. The van der Waals surface area contributed by atoms with Crippen molar-refractivity contribution in [3.8, 4) is 28.7 Å². The Bertz CT molecular complexity index is 1700. The summed E-state index contributed by atoms with van der Waals surface area (Å²) >= 11 is 0. The van der Waals surface area contributed by atoms with Gasteiger partial charge in [0.25, 0.3) is 0 Å². The number of carbonyl (C=O) groups is 1. The van der Waals surface area contributed by atoms with E-state index in [2.05, 4.69) is 0 Å². The van der Waals surface area contributed by atoms with Crippen LogP contribution in [-0.2, 0) is 62.5 Å². The molecule has 0 atom stereocenters. The second kappa shape index (κ2) is 34.5. The summed E-state index contributed by atoms with van der Waals surface area (Å²) in [5, 5.41) is 9.68. The Balaban J connectivity index is 1.17. The average Bonchev–Trinajstić information content (AvgIpc) is 3.34. The van der Waals surface area contributed by atoms with E-state index in [-0.39, 0.29) is 62.5 Å². The molecule has 0 radical (unpaired) electrons. The highest BCUT2D eigenvalue weighted by atomic mass is 16.6. The Hall–Kier alpha value is -4.85. The van der Waals surface area contributed by atoms with E-state index in [1.165, 1.54) is 12.1 Å². The number of rotatable bonds is 40. The van der Waals surface area contributed by atoms with Crippen LogP contribution in [0.4, 0.5) is 0 Å². The summed E-state index contributed by atoms with van der Waals surface area (Å²) < 4.78 is 79.7. The number of ketones is 1. The van der Waals surface area contributed by atoms with Gasteiger partial charge in [-0.2, -0.15) is 0 Å². The van der Waals surface area contributed by atoms with Crippen molar-refractivity contribution >= 4 is 5.78 Å². The highest BCUT2D eigenvalue weighted by Gasteiger charge is 2.19. The van der Waals surface area contributed by atoms with Crippen LogP contribution in [0.15, 0.2) is 91.0 Å². The quantitative estimate of drug-likeness (QED) is 0.0422. The zero-order chi connectivity index (χ0) is 45.8. The van der Waals surface area contributed by atoms with E-state index in [9.17, 15) is 9.90 Å². The van der Waals surface area contributed by atoms with Gasteiger partial charge in [0.15, 0.2) is 17.3 Å². The fourth-order valence-electron chi connectivity index (χ4n) is 5.72. The van der Waals surface area contributed by atoms with Gasteiger partial charge in [0.2, 0.25) is 5.75 Å². The highest BCUT2D eigenvalue weighted by molar-refractivity contribution is 5.98. The maximum absolute atomic E-state index is 12.7. The zero-order valence-corrected chi connectivity index (χ0v) is 37.8. The first kappa shape index (κ1) is 52.8. The van der Waals surface area contributed by atoms with E-state index >= 15 is 0 Å². The lowest BCUT2D eigenvalue weighted by molar-refractivity contribution is 0.00367. The fourth-order valence-corrected chi connectivity index (χ4v) is 5.72. The van der Waals surface area contributed by atoms with Gasteiger partial charge >= 0.3 is 0 Å². The second-order valence-corrected chi connectivity index (χ2v) is 13.9. The van der Waals surface area contributed by atoms with Crippen molar-refractivity contribution in [3.63, 3.8) is 0 Å². The molecule has 0 aromatic heterocycles. The molecule has 0 heterocycles. The second-order valence-electron chi connectivity index (χ2n) is 13.9. The Morgan fingerprint density at radius 3 is 1.08 bits per heavy atom. The minimum absolute atomic E-state index is 0.135. The van der Waals surface area contributed by atoms with Gasteiger partial charge in [-0.3, -0.25) is 4.79 Å². The van der Waals surface area contributed by atoms with Crippen LogP contribution in [0, 0.1) is 0 Å². The molecule has 0 aliphatic heterocycles. The average molecular weight is 911 g/mol. The highest BCUT2D eigenvalue weighted by Crippen LogP contribution is 2.39. The number of aliphatic hydroxyl groups is 1. The predicted octanol–water partition coefficient (Wildman–Crippen LogP) is 5.77. The molecule has 0 bridgehead atoms. The third-order valence-corrected chi connectivity index (χ3v) is 9.13. The van der Waals surface area contributed by atoms with Crippen LogP contribution in [0.5, 0.6) is 28.7 Å². The molecule has 0 aliphatic carbocycles. The zero-order valence-electron chi connectivity index (χ0n) is 37.8. The molecule has 358 valence electrons. The van der Waals surface area contributed by atoms with E-state index in [1.54, 1.807) is 14.2 Å². The van der Waals surface area contributed by atoms with Gasteiger partial charge in [0, 0.05) is 5.56 Å². The summed E-state index contributed by atoms with van der Waals surface area (Å²) in [5.41, 5.74) is 3.39. The third-order valence-electron chi connectivity index (χ3n) is 9.13. The summed E-state index contributed by atoms with van der Waals surface area (Å²) in [6.45, 7) is 6.75. The molecule has 0 spiro atoms. The maximum Gasteiger partial charge on any atom is 0.203 e. The Morgan fingerprint density at radius 1 is 0.400 bits per heavy atom. The van der Waals surface area contributed by atoms with Crippen molar-refractivity contribution in [1.82, 2.24) is 0 Å². The van der Waals surface area contributed by atoms with E-state index in [0.29, 0.717) is 99.1 Å². The number of aliphatic hydroxyl groups excluding tert-OH is 1. The Kier molecular flexibility index (Phi) is 28.0. The van der Waals surface area contributed by atoms with Crippen LogP contribution in [0.2, 0.25) is 0 Å². The van der Waals surface area contributed by atoms with E-state index in [4.69, 9.17) is 66.3 Å². The van der Waals surface area contributed by atoms with Crippen LogP contribution in [0.3, 0.4) is 0 Å². The van der Waals surface area contributed by atoms with Crippen molar-refractivity contribution in [2.75, 3.05) is 140 Å². The largest absolute Gasteiger partial charge is 0.497 e. The molecule has 0 saturated heterocycles. The maximum atomic E-state index is 12.7. The topological polar surface area (TPSA) is 167 Å². The molecule has 4 aromatic carbocycles. The van der Waals surface area contributed by atoms with Crippen LogP contribution >= 0.6 is 0 Å². The number of carbonyl (C=O) groups excluding carboxylic acids is 1. The van der Waals surface area contributed by atoms with Gasteiger partial charge < -0.3 is 71.4 Å². The van der Waals surface area contributed by atoms with Crippen molar-refractivity contribution in [2.45, 2.75) is 19.8 Å². The van der Waals surface area contributed by atoms with Crippen LogP contribution < -0.4 is 23.7 Å². The molecule has 4 rings (SSSR count). The molecule has 0 fully saturated rings. The van der Waals surface area contributed by atoms with Gasteiger partial charge in [-0.1, -0.05) is 54.6 Å². The molecule has 0 unspecified atom stereocenters. The summed E-state index contributed by atoms with van der Waals surface area (Å²) in [4.78, 5) is 12.7. The smallest absolute Gasteiger partial charge is 0.203 e. The number of hydrogen-bond donors (Lipinski definition) is 1. The molecular weight excluding hydrogens is 845 g/mol. The monoisotopic (exact) mass is 910 g/mol. The normalized spacial score (nSPS) is 11.1. The van der Waals surface area contributed by atoms with Gasteiger partial charge in [-0.05, 0) is 53.1 Å². The van der Waals surface area contributed by atoms with Crippen molar-refractivity contribution in [2.24, 2.45) is 0 Å². The van der Waals surface area contributed by atoms with Gasteiger partial charge in [0.05, 0.1) is 133 Å². The Morgan fingerprint density at radius 2 is 0.723 bits per heavy atom. The molecule has 1 N–H and O–H groups in total. The molecule has 65 heavy (non-hydrogen) atoms. The van der Waals surface area contributed by atoms with Crippen LogP contribution in [-0.4, -0.2) is 151 Å². The van der Waals surface area contributed by atoms with Gasteiger partial charge in [-0.25, -0.2) is 0 Å². The van der Waals surface area contributed by atoms with Crippen molar-refractivity contribution in [1.29, 1.82) is 0 Å². The number of methoxy groups -OCH3 is 2. The fraction of sp³-hybridized carbons (Fsp3) is 0.490. The summed E-state index contributed by atoms with van der Waals surface area (Å²) in [7, 11) is 3.27. The van der Waals surface area contributed by atoms with Crippen molar-refractivity contribution < 1.29 is 76.2 Å². The first-order valence-corrected chi connectivity index (χ1v) is 21.8. The van der Waals surface area contributed by atoms with Crippen LogP contribution in [0.25, 0.3) is 0 Å².